The largest absolute Gasteiger partial charge is 0.310 e. The maximum atomic E-state index is 2.41. The van der Waals surface area contributed by atoms with Crippen molar-refractivity contribution in [3.8, 4) is 27.9 Å². The van der Waals surface area contributed by atoms with Crippen molar-refractivity contribution in [1.82, 2.24) is 4.57 Å². The lowest BCUT2D eigenvalue weighted by molar-refractivity contribution is 1.17. The van der Waals surface area contributed by atoms with Crippen LogP contribution in [0, 0.1) is 0 Å². The van der Waals surface area contributed by atoms with Crippen molar-refractivity contribution < 1.29 is 0 Å². The molecule has 0 bridgehead atoms. The maximum absolute atomic E-state index is 2.41. The molecule has 11 rings (SSSR count). The SMILES string of the molecule is c1ccc(-c2ccc(N(c3ccc(-n4c5ccccc5c5cc6ccccc6cc54)cc3)c3ccc4cc(-c5cccc6ccccc56)ccc4c3)cc2)cc1. The van der Waals surface area contributed by atoms with Crippen LogP contribution < -0.4 is 4.90 Å². The third-order valence-electron chi connectivity index (χ3n) is 11.3. The van der Waals surface area contributed by atoms with Crippen molar-refractivity contribution in [3.05, 3.63) is 218 Å². The monoisotopic (exact) mass is 712 g/mol. The van der Waals surface area contributed by atoms with Crippen LogP contribution in [0.3, 0.4) is 0 Å². The van der Waals surface area contributed by atoms with Gasteiger partial charge in [0.15, 0.2) is 0 Å². The predicted molar refractivity (Wildman–Crippen MR) is 239 cm³/mol. The van der Waals surface area contributed by atoms with Crippen LogP contribution in [0.5, 0.6) is 0 Å². The Morgan fingerprint density at radius 3 is 1.64 bits per heavy atom. The van der Waals surface area contributed by atoms with Gasteiger partial charge < -0.3 is 9.47 Å². The molecule has 56 heavy (non-hydrogen) atoms. The molecule has 0 aliphatic rings. The highest BCUT2D eigenvalue weighted by Crippen LogP contribution is 2.40. The van der Waals surface area contributed by atoms with Crippen molar-refractivity contribution in [3.63, 3.8) is 0 Å². The number of hydrogen-bond donors (Lipinski definition) is 0. The van der Waals surface area contributed by atoms with E-state index in [9.17, 15) is 0 Å². The fraction of sp³-hybridized carbons (Fsp3) is 0. The van der Waals surface area contributed by atoms with E-state index in [1.807, 2.05) is 0 Å². The van der Waals surface area contributed by atoms with Gasteiger partial charge in [-0.3, -0.25) is 0 Å². The Bertz CT molecular complexity index is 3220. The molecular formula is C54H36N2. The van der Waals surface area contributed by atoms with Crippen LogP contribution in [0.15, 0.2) is 218 Å². The number of anilines is 3. The van der Waals surface area contributed by atoms with Crippen LogP contribution in [-0.4, -0.2) is 4.57 Å². The summed E-state index contributed by atoms with van der Waals surface area (Å²) in [5.41, 5.74) is 11.7. The highest BCUT2D eigenvalue weighted by molar-refractivity contribution is 6.13. The predicted octanol–water partition coefficient (Wildman–Crippen LogP) is 15.0. The van der Waals surface area contributed by atoms with Gasteiger partial charge in [-0.15, -0.1) is 0 Å². The molecule has 10 aromatic carbocycles. The van der Waals surface area contributed by atoms with E-state index < -0.39 is 0 Å². The van der Waals surface area contributed by atoms with Crippen LogP contribution >= 0.6 is 0 Å². The average Bonchev–Trinajstić information content (AvgIpc) is 3.59. The molecule has 0 radical (unpaired) electrons. The molecule has 1 aromatic heterocycles. The van der Waals surface area contributed by atoms with E-state index in [0.29, 0.717) is 0 Å². The Hall–Kier alpha value is -7.42. The van der Waals surface area contributed by atoms with E-state index in [1.54, 1.807) is 0 Å². The van der Waals surface area contributed by atoms with Crippen LogP contribution in [0.2, 0.25) is 0 Å². The fourth-order valence-electron chi connectivity index (χ4n) is 8.58. The Morgan fingerprint density at radius 1 is 0.286 bits per heavy atom. The number of aromatic nitrogens is 1. The minimum absolute atomic E-state index is 1.10. The van der Waals surface area contributed by atoms with E-state index in [4.69, 9.17) is 0 Å². The lowest BCUT2D eigenvalue weighted by atomic mass is 9.96. The van der Waals surface area contributed by atoms with Gasteiger partial charge in [0.05, 0.1) is 11.0 Å². The molecule has 0 saturated heterocycles. The second-order valence-electron chi connectivity index (χ2n) is 14.6. The van der Waals surface area contributed by atoms with Gasteiger partial charge in [0.1, 0.15) is 0 Å². The van der Waals surface area contributed by atoms with Crippen LogP contribution in [-0.2, 0) is 0 Å². The molecule has 2 heteroatoms. The summed E-state index contributed by atoms with van der Waals surface area (Å²) in [4.78, 5) is 2.37. The van der Waals surface area contributed by atoms with E-state index in [2.05, 4.69) is 228 Å². The third kappa shape index (κ3) is 5.42. The zero-order valence-corrected chi connectivity index (χ0v) is 30.7. The van der Waals surface area contributed by atoms with Crippen molar-refractivity contribution >= 4 is 71.2 Å². The molecule has 2 nitrogen and oxygen atoms in total. The normalized spacial score (nSPS) is 11.6. The topological polar surface area (TPSA) is 8.17 Å². The van der Waals surface area contributed by atoms with E-state index in [0.717, 1.165) is 22.7 Å². The fourth-order valence-corrected chi connectivity index (χ4v) is 8.58. The first-order valence-electron chi connectivity index (χ1n) is 19.3. The number of rotatable bonds is 6. The number of para-hydroxylation sites is 1. The van der Waals surface area contributed by atoms with Gasteiger partial charge in [0.25, 0.3) is 0 Å². The number of fused-ring (bicyclic) bond motifs is 6. The average molecular weight is 713 g/mol. The van der Waals surface area contributed by atoms with Crippen LogP contribution in [0.4, 0.5) is 17.1 Å². The van der Waals surface area contributed by atoms with Crippen molar-refractivity contribution in [2.24, 2.45) is 0 Å². The molecule has 0 aliphatic carbocycles. The zero-order valence-electron chi connectivity index (χ0n) is 30.7. The molecule has 0 amide bonds. The molecule has 0 unspecified atom stereocenters. The summed E-state index contributed by atoms with van der Waals surface area (Å²) in [7, 11) is 0. The molecule has 0 fully saturated rings. The standard InChI is InChI=1S/C54H36N2/c1-2-11-37(12-3-1)38-23-26-45(27-24-38)55(48-28-25-42-33-44(22-21-43(42)34-48)50-19-10-16-39-13-6-7-17-49(39)50)46-29-31-47(32-30-46)56-53-20-9-8-18-51(53)52-35-40-14-4-5-15-41(40)36-54(52)56/h1-36H. The summed E-state index contributed by atoms with van der Waals surface area (Å²) in [5, 5.41) is 9.97. The molecule has 0 atom stereocenters. The minimum Gasteiger partial charge on any atom is -0.310 e. The van der Waals surface area contributed by atoms with Crippen molar-refractivity contribution in [2.45, 2.75) is 0 Å². The Balaban J connectivity index is 1.03. The lowest BCUT2D eigenvalue weighted by Crippen LogP contribution is -2.10. The molecule has 1 heterocycles. The highest BCUT2D eigenvalue weighted by Gasteiger charge is 2.17. The van der Waals surface area contributed by atoms with Crippen LogP contribution in [0.1, 0.15) is 0 Å². The summed E-state index contributed by atoms with van der Waals surface area (Å²) < 4.78 is 2.41. The highest BCUT2D eigenvalue weighted by atomic mass is 15.1. The van der Waals surface area contributed by atoms with Gasteiger partial charge in [-0.05, 0) is 127 Å². The molecule has 11 aromatic rings. The zero-order chi connectivity index (χ0) is 37.0. The Labute approximate surface area is 325 Å². The number of nitrogens with zero attached hydrogens (tertiary/aromatic N) is 2. The molecule has 0 N–H and O–H groups in total. The first-order chi connectivity index (χ1) is 27.7. The number of benzene rings is 10. The van der Waals surface area contributed by atoms with Gasteiger partial charge in [0.2, 0.25) is 0 Å². The van der Waals surface area contributed by atoms with Gasteiger partial charge in [-0.2, -0.15) is 0 Å². The third-order valence-corrected chi connectivity index (χ3v) is 11.3. The maximum Gasteiger partial charge on any atom is 0.0547 e. The summed E-state index contributed by atoms with van der Waals surface area (Å²) in [6.45, 7) is 0. The Morgan fingerprint density at radius 2 is 0.839 bits per heavy atom. The molecule has 0 spiro atoms. The van der Waals surface area contributed by atoms with E-state index in [1.165, 1.54) is 76.4 Å². The second-order valence-corrected chi connectivity index (χ2v) is 14.6. The summed E-state index contributed by atoms with van der Waals surface area (Å²) >= 11 is 0. The van der Waals surface area contributed by atoms with E-state index >= 15 is 0 Å². The first kappa shape index (κ1) is 32.0. The van der Waals surface area contributed by atoms with Gasteiger partial charge in [-0.25, -0.2) is 0 Å². The van der Waals surface area contributed by atoms with E-state index in [-0.39, 0.29) is 0 Å². The quantitative estimate of drug-likeness (QED) is 0.167. The number of hydrogen-bond acceptors (Lipinski definition) is 1. The Kier molecular flexibility index (Phi) is 7.53. The van der Waals surface area contributed by atoms with Crippen molar-refractivity contribution in [2.75, 3.05) is 4.90 Å². The summed E-state index contributed by atoms with van der Waals surface area (Å²) in [6, 6.07) is 79.5. The van der Waals surface area contributed by atoms with Gasteiger partial charge in [-0.1, -0.05) is 146 Å². The molecular weight excluding hydrogens is 677 g/mol. The molecule has 0 aliphatic heterocycles. The second kappa shape index (κ2) is 13.2. The molecule has 262 valence electrons. The van der Waals surface area contributed by atoms with Crippen molar-refractivity contribution in [1.29, 1.82) is 0 Å². The smallest absolute Gasteiger partial charge is 0.0547 e. The molecule has 0 saturated carbocycles. The summed E-state index contributed by atoms with van der Waals surface area (Å²) in [5.74, 6) is 0. The summed E-state index contributed by atoms with van der Waals surface area (Å²) in [6.07, 6.45) is 0. The first-order valence-corrected chi connectivity index (χ1v) is 19.3. The van der Waals surface area contributed by atoms with Gasteiger partial charge >= 0.3 is 0 Å². The lowest BCUT2D eigenvalue weighted by Gasteiger charge is -2.26. The minimum atomic E-state index is 1.10. The van der Waals surface area contributed by atoms with Gasteiger partial charge in [0, 0.05) is 33.5 Å². The van der Waals surface area contributed by atoms with Crippen LogP contribution in [0.25, 0.3) is 82.1 Å².